The van der Waals surface area contributed by atoms with Crippen LogP contribution >= 0.6 is 31.9 Å². The van der Waals surface area contributed by atoms with Gasteiger partial charge in [0.05, 0.1) is 15.9 Å². The Bertz CT molecular complexity index is 497. The van der Waals surface area contributed by atoms with Crippen LogP contribution in [0.3, 0.4) is 0 Å². The van der Waals surface area contributed by atoms with Gasteiger partial charge in [0, 0.05) is 11.9 Å². The van der Waals surface area contributed by atoms with Crippen LogP contribution in [0, 0.1) is 17.3 Å². The van der Waals surface area contributed by atoms with Gasteiger partial charge in [-0.2, -0.15) is 5.10 Å². The second kappa shape index (κ2) is 5.75. The monoisotopic (exact) mass is 402 g/mol. The molecule has 3 unspecified atom stereocenters. The van der Waals surface area contributed by atoms with Crippen LogP contribution in [-0.2, 0) is 19.4 Å². The Morgan fingerprint density at radius 3 is 2.65 bits per heavy atom. The predicted octanol–water partition coefficient (Wildman–Crippen LogP) is 4.97. The lowest BCUT2D eigenvalue weighted by Gasteiger charge is -2.36. The van der Waals surface area contributed by atoms with Crippen LogP contribution in [0.5, 0.6) is 0 Å². The molecule has 0 N–H and O–H groups in total. The van der Waals surface area contributed by atoms with Gasteiger partial charge in [0.25, 0.3) is 0 Å². The maximum Gasteiger partial charge on any atom is 0.0766 e. The quantitative estimate of drug-likeness (QED) is 0.634. The number of alkyl halides is 1. The minimum Gasteiger partial charge on any atom is -0.268 e. The van der Waals surface area contributed by atoms with Crippen molar-refractivity contribution in [2.45, 2.75) is 58.9 Å². The Balaban J connectivity index is 1.92. The lowest BCUT2D eigenvalue weighted by molar-refractivity contribution is 0.192. The molecule has 3 rings (SSSR count). The summed E-state index contributed by atoms with van der Waals surface area (Å²) in [5.41, 5.74) is 3.12. The zero-order valence-corrected chi connectivity index (χ0v) is 15.6. The summed E-state index contributed by atoms with van der Waals surface area (Å²) in [6, 6.07) is 0. The van der Waals surface area contributed by atoms with Gasteiger partial charge >= 0.3 is 0 Å². The molecule has 2 aliphatic rings. The van der Waals surface area contributed by atoms with Crippen molar-refractivity contribution in [1.29, 1.82) is 0 Å². The summed E-state index contributed by atoms with van der Waals surface area (Å²) in [4.78, 5) is 0. The van der Waals surface area contributed by atoms with Gasteiger partial charge in [-0.25, -0.2) is 0 Å². The number of rotatable bonds is 5. The third kappa shape index (κ3) is 2.31. The van der Waals surface area contributed by atoms with Crippen LogP contribution in [0.15, 0.2) is 4.47 Å². The van der Waals surface area contributed by atoms with Crippen molar-refractivity contribution < 1.29 is 0 Å². The van der Waals surface area contributed by atoms with Gasteiger partial charge in [0.2, 0.25) is 0 Å². The summed E-state index contributed by atoms with van der Waals surface area (Å²) in [6.07, 6.45) is 7.97. The molecule has 2 nitrogen and oxygen atoms in total. The van der Waals surface area contributed by atoms with E-state index in [4.69, 9.17) is 5.10 Å². The van der Waals surface area contributed by atoms with Crippen molar-refractivity contribution in [1.82, 2.24) is 9.78 Å². The molecule has 1 aromatic rings. The number of fused-ring (bicyclic) bond motifs is 2. The molecule has 2 aliphatic carbocycles. The molecular formula is C16H24Br2N2. The maximum absolute atomic E-state index is 4.77. The van der Waals surface area contributed by atoms with Gasteiger partial charge in [-0.15, -0.1) is 0 Å². The summed E-state index contributed by atoms with van der Waals surface area (Å²) in [5.74, 6) is 1.91. The van der Waals surface area contributed by atoms with Crippen molar-refractivity contribution in [2.24, 2.45) is 17.3 Å². The Morgan fingerprint density at radius 1 is 1.35 bits per heavy atom. The number of aryl methyl sites for hydroxylation is 2. The molecule has 1 aromatic heterocycles. The van der Waals surface area contributed by atoms with Crippen LogP contribution in [0.25, 0.3) is 0 Å². The lowest BCUT2D eigenvalue weighted by atomic mass is 9.71. The smallest absolute Gasteiger partial charge is 0.0766 e. The van der Waals surface area contributed by atoms with Crippen LogP contribution in [0.1, 0.15) is 50.9 Å². The van der Waals surface area contributed by atoms with E-state index in [1.54, 1.807) is 0 Å². The summed E-state index contributed by atoms with van der Waals surface area (Å²) in [5, 5.41) is 5.91. The highest BCUT2D eigenvalue weighted by Crippen LogP contribution is 2.58. The first-order valence-electron chi connectivity index (χ1n) is 7.93. The number of aromatic nitrogens is 2. The van der Waals surface area contributed by atoms with Crippen molar-refractivity contribution in [3.05, 3.63) is 15.9 Å². The third-order valence-electron chi connectivity index (χ3n) is 5.58. The molecule has 20 heavy (non-hydrogen) atoms. The first kappa shape index (κ1) is 15.1. The molecule has 0 aromatic carbocycles. The van der Waals surface area contributed by atoms with Gasteiger partial charge < -0.3 is 0 Å². The highest BCUT2D eigenvalue weighted by molar-refractivity contribution is 9.10. The molecule has 0 spiro atoms. The first-order chi connectivity index (χ1) is 9.63. The number of halogens is 2. The average Bonchev–Trinajstić information content (AvgIpc) is 3.14. The molecule has 0 aliphatic heterocycles. The van der Waals surface area contributed by atoms with E-state index in [1.165, 1.54) is 48.0 Å². The zero-order chi connectivity index (χ0) is 14.3. The third-order valence-corrected chi connectivity index (χ3v) is 7.61. The normalized spacial score (nSPS) is 32.2. The van der Waals surface area contributed by atoms with E-state index in [9.17, 15) is 0 Å². The molecule has 1 heterocycles. The van der Waals surface area contributed by atoms with Crippen LogP contribution in [-0.4, -0.2) is 15.1 Å². The summed E-state index contributed by atoms with van der Waals surface area (Å²) >= 11 is 7.66. The molecule has 3 atom stereocenters. The largest absolute Gasteiger partial charge is 0.268 e. The highest BCUT2D eigenvalue weighted by Gasteiger charge is 2.50. The molecule has 112 valence electrons. The summed E-state index contributed by atoms with van der Waals surface area (Å²) in [6.45, 7) is 5.36. The molecule has 2 fully saturated rings. The van der Waals surface area contributed by atoms with Gasteiger partial charge in [-0.1, -0.05) is 29.3 Å². The Labute approximate surface area is 139 Å². The fourth-order valence-electron chi connectivity index (χ4n) is 4.51. The topological polar surface area (TPSA) is 17.8 Å². The second-order valence-electron chi connectivity index (χ2n) is 6.63. The van der Waals surface area contributed by atoms with Crippen molar-refractivity contribution in [2.75, 3.05) is 5.33 Å². The van der Waals surface area contributed by atoms with E-state index in [0.717, 1.165) is 30.1 Å². The van der Waals surface area contributed by atoms with Crippen LogP contribution in [0.2, 0.25) is 0 Å². The molecular weight excluding hydrogens is 380 g/mol. The van der Waals surface area contributed by atoms with Crippen LogP contribution in [0.4, 0.5) is 0 Å². The molecule has 4 heteroatoms. The minimum absolute atomic E-state index is 0.476. The molecule has 2 saturated carbocycles. The zero-order valence-electron chi connectivity index (χ0n) is 12.5. The summed E-state index contributed by atoms with van der Waals surface area (Å²) in [7, 11) is 0. The van der Waals surface area contributed by atoms with Gasteiger partial charge in [-0.05, 0) is 72.2 Å². The molecule has 0 amide bonds. The number of hydrogen-bond donors (Lipinski definition) is 0. The summed E-state index contributed by atoms with van der Waals surface area (Å²) < 4.78 is 3.49. The second-order valence-corrected chi connectivity index (χ2v) is 7.98. The van der Waals surface area contributed by atoms with E-state index in [-0.39, 0.29) is 0 Å². The van der Waals surface area contributed by atoms with Gasteiger partial charge in [-0.3, -0.25) is 4.68 Å². The van der Waals surface area contributed by atoms with E-state index in [2.05, 4.69) is 50.4 Å². The molecule has 0 radical (unpaired) electrons. The molecule has 0 saturated heterocycles. The number of hydrogen-bond acceptors (Lipinski definition) is 1. The fraction of sp³-hybridized carbons (Fsp3) is 0.812. The SMILES string of the molecule is CCc1nn(CC)c(CC2(CBr)CC3CCC2C3)c1Br. The number of nitrogens with zero attached hydrogens (tertiary/aromatic N) is 2. The average molecular weight is 404 g/mol. The van der Waals surface area contributed by atoms with Gasteiger partial charge in [0.1, 0.15) is 0 Å². The van der Waals surface area contributed by atoms with E-state index >= 15 is 0 Å². The van der Waals surface area contributed by atoms with Crippen LogP contribution < -0.4 is 0 Å². The Morgan fingerprint density at radius 2 is 2.15 bits per heavy atom. The fourth-order valence-corrected chi connectivity index (χ4v) is 6.09. The van der Waals surface area contributed by atoms with E-state index < -0.39 is 0 Å². The van der Waals surface area contributed by atoms with Crippen molar-refractivity contribution in [3.63, 3.8) is 0 Å². The Kier molecular flexibility index (Phi) is 4.34. The standard InChI is InChI=1S/C16H24Br2N2/c1-3-13-15(18)14(20(4-2)19-13)9-16(10-17)8-11-5-6-12(16)7-11/h11-12H,3-10H2,1-2H3. The maximum atomic E-state index is 4.77. The lowest BCUT2D eigenvalue weighted by Crippen LogP contribution is -2.33. The predicted molar refractivity (Wildman–Crippen MR) is 90.4 cm³/mol. The van der Waals surface area contributed by atoms with Crippen molar-refractivity contribution in [3.8, 4) is 0 Å². The Hall–Kier alpha value is 0.170. The van der Waals surface area contributed by atoms with Crippen molar-refractivity contribution >= 4 is 31.9 Å². The molecule has 2 bridgehead atoms. The first-order valence-corrected chi connectivity index (χ1v) is 9.85. The highest BCUT2D eigenvalue weighted by atomic mass is 79.9. The minimum atomic E-state index is 0.476. The van der Waals surface area contributed by atoms with E-state index in [0.29, 0.717) is 5.41 Å². The van der Waals surface area contributed by atoms with Gasteiger partial charge in [0.15, 0.2) is 0 Å². The van der Waals surface area contributed by atoms with E-state index in [1.807, 2.05) is 0 Å².